The molecule has 0 spiro atoms. The Labute approximate surface area is 92.5 Å². The molecule has 1 rings (SSSR count). The third-order valence-corrected chi connectivity index (χ3v) is 2.36. The van der Waals surface area contributed by atoms with Gasteiger partial charge in [-0.05, 0) is 17.7 Å². The highest BCUT2D eigenvalue weighted by atomic mass is 35.5. The van der Waals surface area contributed by atoms with Crippen LogP contribution < -0.4 is 5.73 Å². The Bertz CT molecular complexity index is 389. The molecule has 0 heterocycles. The standard InChI is InChI=1S/C10H11ClN2O2/c11-7-5-6(1-2-8(7)13)10(15)9(14)3-4-12/h1-2,5,9-10,14-15H,3,13H2. The minimum absolute atomic E-state index is 0.136. The number of hydrogen-bond acceptors (Lipinski definition) is 4. The minimum Gasteiger partial charge on any atom is -0.398 e. The highest BCUT2D eigenvalue weighted by Crippen LogP contribution is 2.25. The molecule has 0 saturated carbocycles. The summed E-state index contributed by atoms with van der Waals surface area (Å²) in [6, 6.07) is 6.35. The van der Waals surface area contributed by atoms with Gasteiger partial charge in [0.1, 0.15) is 6.10 Å². The fraction of sp³-hybridized carbons (Fsp3) is 0.300. The van der Waals surface area contributed by atoms with Crippen LogP contribution in [-0.2, 0) is 0 Å². The molecular formula is C10H11ClN2O2. The summed E-state index contributed by atoms with van der Waals surface area (Å²) in [4.78, 5) is 0. The molecule has 0 saturated heterocycles. The molecule has 0 aliphatic rings. The molecule has 4 nitrogen and oxygen atoms in total. The molecule has 15 heavy (non-hydrogen) atoms. The van der Waals surface area contributed by atoms with Crippen molar-refractivity contribution in [1.82, 2.24) is 0 Å². The first-order chi connectivity index (χ1) is 7.06. The number of nitrogen functional groups attached to an aromatic ring is 1. The molecule has 80 valence electrons. The van der Waals surface area contributed by atoms with Gasteiger partial charge in [0.25, 0.3) is 0 Å². The molecular weight excluding hydrogens is 216 g/mol. The fourth-order valence-electron chi connectivity index (χ4n) is 1.15. The maximum atomic E-state index is 9.63. The molecule has 2 atom stereocenters. The molecule has 0 amide bonds. The monoisotopic (exact) mass is 226 g/mol. The Kier molecular flexibility index (Phi) is 3.92. The van der Waals surface area contributed by atoms with E-state index in [1.54, 1.807) is 18.2 Å². The summed E-state index contributed by atoms with van der Waals surface area (Å²) in [5.41, 5.74) is 6.34. The van der Waals surface area contributed by atoms with Crippen LogP contribution in [0.3, 0.4) is 0 Å². The Morgan fingerprint density at radius 2 is 2.13 bits per heavy atom. The van der Waals surface area contributed by atoms with E-state index in [4.69, 9.17) is 22.6 Å². The van der Waals surface area contributed by atoms with Crippen molar-refractivity contribution in [3.63, 3.8) is 0 Å². The van der Waals surface area contributed by atoms with Gasteiger partial charge >= 0.3 is 0 Å². The van der Waals surface area contributed by atoms with Crippen LogP contribution in [0.1, 0.15) is 18.1 Å². The van der Waals surface area contributed by atoms with Crippen LogP contribution >= 0.6 is 11.6 Å². The number of nitrogens with zero attached hydrogens (tertiary/aromatic N) is 1. The van der Waals surface area contributed by atoms with Gasteiger partial charge in [0.15, 0.2) is 0 Å². The van der Waals surface area contributed by atoms with Crippen LogP contribution in [0.2, 0.25) is 5.02 Å². The average Bonchev–Trinajstić information content (AvgIpc) is 2.21. The number of aliphatic hydroxyl groups is 2. The van der Waals surface area contributed by atoms with Crippen molar-refractivity contribution in [3.05, 3.63) is 28.8 Å². The van der Waals surface area contributed by atoms with Crippen molar-refractivity contribution in [2.24, 2.45) is 0 Å². The second kappa shape index (κ2) is 4.99. The minimum atomic E-state index is -1.12. The van der Waals surface area contributed by atoms with Gasteiger partial charge in [0, 0.05) is 0 Å². The number of benzene rings is 1. The van der Waals surface area contributed by atoms with Crippen LogP contribution in [0.5, 0.6) is 0 Å². The molecule has 1 aromatic rings. The maximum Gasteiger partial charge on any atom is 0.106 e. The summed E-state index contributed by atoms with van der Waals surface area (Å²) in [6.45, 7) is 0. The molecule has 1 aromatic carbocycles. The van der Waals surface area contributed by atoms with Gasteiger partial charge < -0.3 is 15.9 Å². The lowest BCUT2D eigenvalue weighted by Crippen LogP contribution is -2.17. The summed E-state index contributed by atoms with van der Waals surface area (Å²) in [7, 11) is 0. The average molecular weight is 227 g/mol. The van der Waals surface area contributed by atoms with E-state index in [0.717, 1.165) is 0 Å². The largest absolute Gasteiger partial charge is 0.398 e. The number of nitriles is 1. The zero-order chi connectivity index (χ0) is 11.4. The van der Waals surface area contributed by atoms with Gasteiger partial charge in [-0.2, -0.15) is 5.26 Å². The van der Waals surface area contributed by atoms with Crippen molar-refractivity contribution in [2.45, 2.75) is 18.6 Å². The van der Waals surface area contributed by atoms with Crippen LogP contribution in [0.4, 0.5) is 5.69 Å². The molecule has 0 radical (unpaired) electrons. The predicted molar refractivity (Wildman–Crippen MR) is 57.1 cm³/mol. The first-order valence-corrected chi connectivity index (χ1v) is 4.72. The Hall–Kier alpha value is -1.28. The number of nitrogens with two attached hydrogens (primary N) is 1. The van der Waals surface area contributed by atoms with Gasteiger partial charge in [-0.1, -0.05) is 17.7 Å². The second-order valence-electron chi connectivity index (χ2n) is 3.16. The van der Waals surface area contributed by atoms with Crippen molar-refractivity contribution in [1.29, 1.82) is 5.26 Å². The second-order valence-corrected chi connectivity index (χ2v) is 3.56. The molecule has 0 aliphatic heterocycles. The van der Waals surface area contributed by atoms with Crippen LogP contribution in [-0.4, -0.2) is 16.3 Å². The van der Waals surface area contributed by atoms with E-state index < -0.39 is 12.2 Å². The fourth-order valence-corrected chi connectivity index (χ4v) is 1.34. The van der Waals surface area contributed by atoms with Crippen molar-refractivity contribution in [3.8, 4) is 6.07 Å². The Balaban J connectivity index is 2.87. The molecule has 0 fully saturated rings. The van der Waals surface area contributed by atoms with Gasteiger partial charge in [0.05, 0.1) is 29.3 Å². The lowest BCUT2D eigenvalue weighted by molar-refractivity contribution is 0.0216. The van der Waals surface area contributed by atoms with Crippen molar-refractivity contribution in [2.75, 3.05) is 5.73 Å². The normalized spacial score (nSPS) is 14.3. The highest BCUT2D eigenvalue weighted by molar-refractivity contribution is 6.33. The van der Waals surface area contributed by atoms with Gasteiger partial charge in [-0.25, -0.2) is 0 Å². The number of halogens is 1. The molecule has 4 N–H and O–H groups in total. The molecule has 2 unspecified atom stereocenters. The summed E-state index contributed by atoms with van der Waals surface area (Å²) in [5.74, 6) is 0. The zero-order valence-corrected chi connectivity index (χ0v) is 8.65. The van der Waals surface area contributed by atoms with Gasteiger partial charge in [0.2, 0.25) is 0 Å². The Morgan fingerprint density at radius 3 is 2.67 bits per heavy atom. The van der Waals surface area contributed by atoms with Crippen LogP contribution in [0.25, 0.3) is 0 Å². The van der Waals surface area contributed by atoms with E-state index in [1.165, 1.54) is 6.07 Å². The summed E-state index contributed by atoms with van der Waals surface area (Å²) in [5, 5.41) is 27.7. The maximum absolute atomic E-state index is 9.63. The number of aliphatic hydroxyl groups excluding tert-OH is 2. The van der Waals surface area contributed by atoms with Crippen LogP contribution in [0.15, 0.2) is 18.2 Å². The van der Waals surface area contributed by atoms with Gasteiger partial charge in [-0.15, -0.1) is 0 Å². The van der Waals surface area contributed by atoms with Crippen molar-refractivity contribution < 1.29 is 10.2 Å². The zero-order valence-electron chi connectivity index (χ0n) is 7.89. The highest BCUT2D eigenvalue weighted by Gasteiger charge is 2.18. The summed E-state index contributed by atoms with van der Waals surface area (Å²) < 4.78 is 0. The third kappa shape index (κ3) is 2.83. The lowest BCUT2D eigenvalue weighted by Gasteiger charge is -2.16. The predicted octanol–water partition coefficient (Wildman–Crippen LogP) is 1.23. The van der Waals surface area contributed by atoms with E-state index in [0.29, 0.717) is 16.3 Å². The SMILES string of the molecule is N#CCC(O)C(O)c1ccc(N)c(Cl)c1. The quantitative estimate of drug-likeness (QED) is 0.676. The Morgan fingerprint density at radius 1 is 1.47 bits per heavy atom. The topological polar surface area (TPSA) is 90.3 Å². The molecule has 0 aromatic heterocycles. The van der Waals surface area contributed by atoms with E-state index >= 15 is 0 Å². The number of hydrogen-bond donors (Lipinski definition) is 3. The van der Waals surface area contributed by atoms with Crippen LogP contribution in [0, 0.1) is 11.3 Å². The van der Waals surface area contributed by atoms with Gasteiger partial charge in [-0.3, -0.25) is 0 Å². The van der Waals surface area contributed by atoms with E-state index in [1.807, 2.05) is 0 Å². The summed E-state index contributed by atoms with van der Waals surface area (Å²) >= 11 is 5.76. The lowest BCUT2D eigenvalue weighted by atomic mass is 10.0. The molecule has 0 bridgehead atoms. The van der Waals surface area contributed by atoms with E-state index in [2.05, 4.69) is 0 Å². The summed E-state index contributed by atoms with van der Waals surface area (Å²) in [6.07, 6.45) is -2.37. The smallest absolute Gasteiger partial charge is 0.106 e. The third-order valence-electron chi connectivity index (χ3n) is 2.03. The van der Waals surface area contributed by atoms with E-state index in [9.17, 15) is 10.2 Å². The molecule has 5 heteroatoms. The number of anilines is 1. The first kappa shape index (κ1) is 11.8. The van der Waals surface area contributed by atoms with E-state index in [-0.39, 0.29) is 6.42 Å². The number of rotatable bonds is 3. The molecule has 0 aliphatic carbocycles. The van der Waals surface area contributed by atoms with Crippen molar-refractivity contribution >= 4 is 17.3 Å². The first-order valence-electron chi connectivity index (χ1n) is 4.34.